The molecule has 136 valence electrons. The van der Waals surface area contributed by atoms with Gasteiger partial charge in [-0.25, -0.2) is 0 Å². The maximum atomic E-state index is 12.3. The molecule has 0 radical (unpaired) electrons. The molecule has 0 aliphatic heterocycles. The van der Waals surface area contributed by atoms with Crippen LogP contribution in [0.1, 0.15) is 50.8 Å². The number of hydrogen-bond acceptors (Lipinski definition) is 6. The van der Waals surface area contributed by atoms with E-state index in [-0.39, 0.29) is 18.6 Å². The molecule has 1 aliphatic rings. The summed E-state index contributed by atoms with van der Waals surface area (Å²) in [6, 6.07) is 1.81. The molecule has 7 heteroatoms. The molecule has 1 fully saturated rings. The Bertz CT molecular complexity index is 647. The first kappa shape index (κ1) is 17.7. The van der Waals surface area contributed by atoms with Crippen LogP contribution in [-0.4, -0.2) is 33.8 Å². The summed E-state index contributed by atoms with van der Waals surface area (Å²) in [5, 5.41) is 16.3. The molecule has 2 N–H and O–H groups in total. The molecule has 0 bridgehead atoms. The van der Waals surface area contributed by atoms with Gasteiger partial charge in [-0.3, -0.25) is 4.79 Å². The van der Waals surface area contributed by atoms with Crippen LogP contribution in [0.5, 0.6) is 0 Å². The summed E-state index contributed by atoms with van der Waals surface area (Å²) >= 11 is 0. The average Bonchev–Trinajstić information content (AvgIpc) is 3.32. The quantitative estimate of drug-likeness (QED) is 0.761. The second kappa shape index (κ2) is 8.80. The fraction of sp³-hybridized carbons (Fsp3) is 0.611. The molecule has 1 aliphatic carbocycles. The van der Waals surface area contributed by atoms with Gasteiger partial charge in [0.25, 0.3) is 0 Å². The normalized spacial score (nSPS) is 16.7. The first-order valence-corrected chi connectivity index (χ1v) is 9.01. The highest BCUT2D eigenvalue weighted by atomic mass is 16.5. The molecule has 25 heavy (non-hydrogen) atoms. The number of aromatic nitrogens is 2. The van der Waals surface area contributed by atoms with Crippen molar-refractivity contribution in [1.82, 2.24) is 15.5 Å². The maximum Gasteiger partial charge on any atom is 0.227 e. The summed E-state index contributed by atoms with van der Waals surface area (Å²) in [5.41, 5.74) is 0.750. The van der Waals surface area contributed by atoms with Crippen LogP contribution < -0.4 is 5.32 Å². The summed E-state index contributed by atoms with van der Waals surface area (Å²) in [6.07, 6.45) is 10.3. The van der Waals surface area contributed by atoms with Crippen molar-refractivity contribution in [3.63, 3.8) is 0 Å². The van der Waals surface area contributed by atoms with Crippen LogP contribution in [0.4, 0.5) is 0 Å². The summed E-state index contributed by atoms with van der Waals surface area (Å²) in [4.78, 5) is 16.6. The van der Waals surface area contributed by atoms with Crippen molar-refractivity contribution >= 4 is 5.91 Å². The Morgan fingerprint density at radius 2 is 2.20 bits per heavy atom. The largest absolute Gasteiger partial charge is 0.472 e. The molecule has 2 aromatic rings. The van der Waals surface area contributed by atoms with E-state index in [0.717, 1.165) is 18.4 Å². The van der Waals surface area contributed by atoms with E-state index >= 15 is 0 Å². The Hall–Kier alpha value is -2.15. The first-order chi connectivity index (χ1) is 12.3. The van der Waals surface area contributed by atoms with E-state index in [4.69, 9.17) is 8.94 Å². The van der Waals surface area contributed by atoms with Crippen molar-refractivity contribution < 1.29 is 18.8 Å². The third-order valence-corrected chi connectivity index (χ3v) is 4.82. The number of carbonyl (C=O) groups excluding carboxylic acids is 1. The third kappa shape index (κ3) is 4.92. The van der Waals surface area contributed by atoms with E-state index < -0.39 is 0 Å². The number of amides is 1. The molecular formula is C18H25N3O4. The number of aliphatic hydroxyl groups is 1. The Labute approximate surface area is 146 Å². The topological polar surface area (TPSA) is 101 Å². The highest BCUT2D eigenvalue weighted by molar-refractivity contribution is 5.76. The number of aryl methyl sites for hydroxylation is 1. The summed E-state index contributed by atoms with van der Waals surface area (Å²) in [7, 11) is 0. The predicted octanol–water partition coefficient (Wildman–Crippen LogP) is 2.71. The first-order valence-electron chi connectivity index (χ1n) is 9.01. The highest BCUT2D eigenvalue weighted by Gasteiger charge is 2.24. The van der Waals surface area contributed by atoms with Gasteiger partial charge in [-0.1, -0.05) is 24.4 Å². The number of furan rings is 1. The molecule has 2 aromatic heterocycles. The standard InChI is InChI=1S/C18H25N3O4/c22-10-8-15(13-4-2-1-3-5-13)19-16(23)6-7-17-20-18(21-25-17)14-9-11-24-12-14/h9,11-13,15,22H,1-8,10H2,(H,19,23). The Kier molecular flexibility index (Phi) is 6.22. The molecule has 7 nitrogen and oxygen atoms in total. The Morgan fingerprint density at radius 1 is 1.36 bits per heavy atom. The Morgan fingerprint density at radius 3 is 2.92 bits per heavy atom. The third-order valence-electron chi connectivity index (χ3n) is 4.82. The van der Waals surface area contributed by atoms with Crippen molar-refractivity contribution in [2.24, 2.45) is 5.92 Å². The molecule has 1 atom stereocenters. The molecule has 1 amide bonds. The van der Waals surface area contributed by atoms with Crippen LogP contribution in [0, 0.1) is 5.92 Å². The monoisotopic (exact) mass is 347 g/mol. The number of hydrogen-bond donors (Lipinski definition) is 2. The minimum Gasteiger partial charge on any atom is -0.472 e. The molecule has 1 unspecified atom stereocenters. The van der Waals surface area contributed by atoms with Crippen LogP contribution in [-0.2, 0) is 11.2 Å². The molecule has 1 saturated carbocycles. The molecule has 3 rings (SSSR count). The van der Waals surface area contributed by atoms with E-state index in [2.05, 4.69) is 15.5 Å². The van der Waals surface area contributed by atoms with Crippen molar-refractivity contribution in [2.75, 3.05) is 6.61 Å². The van der Waals surface area contributed by atoms with Gasteiger partial charge >= 0.3 is 0 Å². The lowest BCUT2D eigenvalue weighted by Gasteiger charge is -2.30. The second-order valence-corrected chi connectivity index (χ2v) is 6.61. The van der Waals surface area contributed by atoms with Crippen molar-refractivity contribution in [3.05, 3.63) is 24.5 Å². The van der Waals surface area contributed by atoms with E-state index in [1.165, 1.54) is 19.3 Å². The van der Waals surface area contributed by atoms with Gasteiger partial charge < -0.3 is 19.4 Å². The van der Waals surface area contributed by atoms with Crippen LogP contribution in [0.25, 0.3) is 11.4 Å². The van der Waals surface area contributed by atoms with E-state index in [1.807, 2.05) is 0 Å². The molecule has 0 saturated heterocycles. The zero-order valence-corrected chi connectivity index (χ0v) is 14.3. The van der Waals surface area contributed by atoms with Gasteiger partial charge in [0, 0.05) is 25.5 Å². The fourth-order valence-corrected chi connectivity index (χ4v) is 3.47. The lowest BCUT2D eigenvalue weighted by Crippen LogP contribution is -2.41. The molecular weight excluding hydrogens is 322 g/mol. The summed E-state index contributed by atoms with van der Waals surface area (Å²) in [5.74, 6) is 1.33. The fourth-order valence-electron chi connectivity index (χ4n) is 3.47. The number of carbonyl (C=O) groups is 1. The van der Waals surface area contributed by atoms with Gasteiger partial charge in [0.1, 0.15) is 6.26 Å². The molecule has 0 spiro atoms. The van der Waals surface area contributed by atoms with Crippen LogP contribution >= 0.6 is 0 Å². The number of aliphatic hydroxyl groups excluding tert-OH is 1. The summed E-state index contributed by atoms with van der Waals surface area (Å²) < 4.78 is 10.2. The zero-order chi connectivity index (χ0) is 17.5. The van der Waals surface area contributed by atoms with Gasteiger partial charge in [0.2, 0.25) is 17.6 Å². The van der Waals surface area contributed by atoms with Gasteiger partial charge in [0.05, 0.1) is 11.8 Å². The minimum atomic E-state index is -0.0351. The summed E-state index contributed by atoms with van der Waals surface area (Å²) in [6.45, 7) is 0.0964. The SMILES string of the molecule is O=C(CCc1nc(-c2ccoc2)no1)NC(CCO)C1CCCCC1. The lowest BCUT2D eigenvalue weighted by molar-refractivity contribution is -0.122. The van der Waals surface area contributed by atoms with E-state index in [1.54, 1.807) is 18.6 Å². The smallest absolute Gasteiger partial charge is 0.227 e. The van der Waals surface area contributed by atoms with Crippen molar-refractivity contribution in [1.29, 1.82) is 0 Å². The minimum absolute atomic E-state index is 0.0351. The van der Waals surface area contributed by atoms with E-state index in [9.17, 15) is 9.90 Å². The highest BCUT2D eigenvalue weighted by Crippen LogP contribution is 2.27. The predicted molar refractivity (Wildman–Crippen MR) is 90.5 cm³/mol. The van der Waals surface area contributed by atoms with Crippen LogP contribution in [0.15, 0.2) is 27.5 Å². The van der Waals surface area contributed by atoms with Gasteiger partial charge in [-0.05, 0) is 31.2 Å². The number of rotatable bonds is 8. The second-order valence-electron chi connectivity index (χ2n) is 6.61. The van der Waals surface area contributed by atoms with Crippen molar-refractivity contribution in [3.8, 4) is 11.4 Å². The average molecular weight is 347 g/mol. The van der Waals surface area contributed by atoms with Crippen LogP contribution in [0.2, 0.25) is 0 Å². The molecule has 0 aromatic carbocycles. The van der Waals surface area contributed by atoms with Gasteiger partial charge in [-0.2, -0.15) is 4.98 Å². The van der Waals surface area contributed by atoms with Crippen LogP contribution in [0.3, 0.4) is 0 Å². The van der Waals surface area contributed by atoms with Crippen molar-refractivity contribution in [2.45, 2.75) is 57.4 Å². The number of nitrogens with zero attached hydrogens (tertiary/aromatic N) is 2. The van der Waals surface area contributed by atoms with Gasteiger partial charge in [0.15, 0.2) is 0 Å². The maximum absolute atomic E-state index is 12.3. The molecule has 2 heterocycles. The van der Waals surface area contributed by atoms with E-state index in [0.29, 0.717) is 36.9 Å². The van der Waals surface area contributed by atoms with Gasteiger partial charge in [-0.15, -0.1) is 0 Å². The zero-order valence-electron chi connectivity index (χ0n) is 14.3. The lowest BCUT2D eigenvalue weighted by atomic mass is 9.82. The number of nitrogens with one attached hydrogen (secondary N) is 1. The Balaban J connectivity index is 1.49.